The molecule has 0 saturated carbocycles. The molecule has 1 saturated heterocycles. The van der Waals surface area contributed by atoms with Gasteiger partial charge in [0.25, 0.3) is 0 Å². The van der Waals surface area contributed by atoms with Crippen molar-refractivity contribution in [1.82, 2.24) is 4.90 Å². The summed E-state index contributed by atoms with van der Waals surface area (Å²) in [6.45, 7) is 20.0. The van der Waals surface area contributed by atoms with E-state index in [0.717, 1.165) is 31.8 Å². The highest BCUT2D eigenvalue weighted by molar-refractivity contribution is 5.94. The van der Waals surface area contributed by atoms with Crippen LogP contribution in [0.15, 0.2) is 71.5 Å². The van der Waals surface area contributed by atoms with Crippen molar-refractivity contribution in [2.24, 2.45) is 11.8 Å². The van der Waals surface area contributed by atoms with E-state index in [1.165, 1.54) is 33.8 Å². The maximum absolute atomic E-state index is 9.58. The zero-order valence-electron chi connectivity index (χ0n) is 21.6. The van der Waals surface area contributed by atoms with Crippen LogP contribution in [0.25, 0.3) is 5.57 Å². The largest absolute Gasteiger partial charge is 0.369 e. The normalized spacial score (nSPS) is 23.9. The highest BCUT2D eigenvalue weighted by atomic mass is 15.3. The third-order valence-corrected chi connectivity index (χ3v) is 7.63. The van der Waals surface area contributed by atoms with Crippen LogP contribution in [0.2, 0.25) is 0 Å². The molecule has 1 aliphatic carbocycles. The summed E-state index contributed by atoms with van der Waals surface area (Å²) in [5, 5.41) is 9.58. The molecule has 0 bridgehead atoms. The Labute approximate surface area is 205 Å². The molecule has 2 atom stereocenters. The van der Waals surface area contributed by atoms with E-state index < -0.39 is 0 Å². The molecule has 0 N–H and O–H groups in total. The van der Waals surface area contributed by atoms with Gasteiger partial charge in [0, 0.05) is 60.7 Å². The van der Waals surface area contributed by atoms with Crippen LogP contribution in [0.3, 0.4) is 0 Å². The van der Waals surface area contributed by atoms with E-state index >= 15 is 0 Å². The lowest BCUT2D eigenvalue weighted by molar-refractivity contribution is 0.313. The second-order valence-electron chi connectivity index (χ2n) is 10.2. The van der Waals surface area contributed by atoms with Crippen LogP contribution < -0.4 is 9.80 Å². The number of hydrogen-bond donors (Lipinski definition) is 0. The van der Waals surface area contributed by atoms with Gasteiger partial charge in [0.05, 0.1) is 17.3 Å². The van der Waals surface area contributed by atoms with Crippen LogP contribution in [0, 0.1) is 23.2 Å². The van der Waals surface area contributed by atoms with Gasteiger partial charge in [-0.15, -0.1) is 0 Å². The van der Waals surface area contributed by atoms with Crippen LogP contribution in [-0.2, 0) is 0 Å². The first-order valence-corrected chi connectivity index (χ1v) is 12.5. The van der Waals surface area contributed by atoms with Crippen LogP contribution in [0.4, 0.5) is 11.4 Å². The molecule has 2 heterocycles. The Hall–Kier alpha value is -3.03. The maximum atomic E-state index is 9.58. The van der Waals surface area contributed by atoms with E-state index in [-0.39, 0.29) is 0 Å². The molecule has 4 heteroatoms. The number of nitriles is 1. The van der Waals surface area contributed by atoms with Gasteiger partial charge < -0.3 is 14.7 Å². The van der Waals surface area contributed by atoms with Gasteiger partial charge in [-0.05, 0) is 75.2 Å². The number of anilines is 2. The van der Waals surface area contributed by atoms with Gasteiger partial charge in [-0.2, -0.15) is 5.26 Å². The third kappa shape index (κ3) is 4.26. The molecule has 1 aromatic rings. The van der Waals surface area contributed by atoms with Crippen LogP contribution in [0.1, 0.15) is 40.2 Å². The maximum Gasteiger partial charge on any atom is 0.0991 e. The predicted octanol–water partition coefficient (Wildman–Crippen LogP) is 6.17. The summed E-state index contributed by atoms with van der Waals surface area (Å²) < 4.78 is 0. The number of allylic oxidation sites excluding steroid dienone is 9. The summed E-state index contributed by atoms with van der Waals surface area (Å²) in [7, 11) is 2.20. The summed E-state index contributed by atoms with van der Waals surface area (Å²) >= 11 is 0. The van der Waals surface area contributed by atoms with Crippen LogP contribution >= 0.6 is 0 Å². The number of benzene rings is 1. The smallest absolute Gasteiger partial charge is 0.0991 e. The number of fused-ring (bicyclic) bond motifs is 1. The van der Waals surface area contributed by atoms with E-state index in [0.29, 0.717) is 23.5 Å². The zero-order chi connectivity index (χ0) is 24.6. The zero-order valence-corrected chi connectivity index (χ0v) is 21.6. The lowest BCUT2D eigenvalue weighted by atomic mass is 9.74. The van der Waals surface area contributed by atoms with Gasteiger partial charge in [-0.1, -0.05) is 32.6 Å². The van der Waals surface area contributed by atoms with Gasteiger partial charge in [0.1, 0.15) is 0 Å². The standard InChI is InChI=1S/C30H38N4/c1-8-9-24(19-31)16-25-17-28-23(6)27-11-10-26(33-14-12-32(7)13-15-33)18-29(27)34(20(2)3)30(28)22(5)21(25)4/h8-11,16-18,20-22H,6,12-15H2,1-5,7H3/b9-8-,24-16+. The first-order valence-electron chi connectivity index (χ1n) is 12.5. The SMILES string of the molecule is C=C1C2=C(C(C)C(C)C(/C=C(C#N)\C=C/C)=C2)N(C(C)C)c2cc(N3CCN(C)CC3)ccc21. The van der Waals surface area contributed by atoms with Crippen molar-refractivity contribution in [3.63, 3.8) is 0 Å². The first kappa shape index (κ1) is 24.1. The van der Waals surface area contributed by atoms with Crippen molar-refractivity contribution in [3.8, 4) is 6.07 Å². The van der Waals surface area contributed by atoms with E-state index in [9.17, 15) is 5.26 Å². The fourth-order valence-corrected chi connectivity index (χ4v) is 5.45. The Morgan fingerprint density at radius 1 is 1.15 bits per heavy atom. The Morgan fingerprint density at radius 3 is 2.47 bits per heavy atom. The van der Waals surface area contributed by atoms with E-state index in [1.54, 1.807) is 0 Å². The minimum Gasteiger partial charge on any atom is -0.369 e. The minimum absolute atomic E-state index is 0.309. The number of piperazine rings is 1. The second kappa shape index (κ2) is 9.68. The fourth-order valence-electron chi connectivity index (χ4n) is 5.45. The van der Waals surface area contributed by atoms with Crippen molar-refractivity contribution < 1.29 is 0 Å². The topological polar surface area (TPSA) is 33.5 Å². The number of nitrogens with zero attached hydrogens (tertiary/aromatic N) is 4. The van der Waals surface area contributed by atoms with Gasteiger partial charge in [-0.25, -0.2) is 0 Å². The molecule has 1 fully saturated rings. The molecule has 3 aliphatic rings. The molecule has 178 valence electrons. The molecule has 0 aromatic heterocycles. The van der Waals surface area contributed by atoms with Crippen LogP contribution in [0.5, 0.6) is 0 Å². The molecule has 1 aromatic carbocycles. The summed E-state index contributed by atoms with van der Waals surface area (Å²) in [4.78, 5) is 7.44. The van der Waals surface area contributed by atoms with E-state index in [1.807, 2.05) is 25.2 Å². The van der Waals surface area contributed by atoms with Crippen molar-refractivity contribution in [2.75, 3.05) is 43.0 Å². The predicted molar refractivity (Wildman–Crippen MR) is 145 cm³/mol. The fraction of sp³-hybridized carbons (Fsp3) is 0.433. The van der Waals surface area contributed by atoms with Crippen LogP contribution in [-0.4, -0.2) is 44.2 Å². The number of hydrogen-bond acceptors (Lipinski definition) is 4. The Balaban J connectivity index is 1.81. The molecule has 2 unspecified atom stereocenters. The van der Waals surface area contributed by atoms with Gasteiger partial charge in [-0.3, -0.25) is 0 Å². The number of likely N-dealkylation sites (N-methyl/N-ethyl adjacent to an activating group) is 1. The Kier molecular flexibility index (Phi) is 6.86. The third-order valence-electron chi connectivity index (χ3n) is 7.63. The van der Waals surface area contributed by atoms with Crippen molar-refractivity contribution in [1.29, 1.82) is 5.26 Å². The van der Waals surface area contributed by atoms with Gasteiger partial charge >= 0.3 is 0 Å². The lowest BCUT2D eigenvalue weighted by Gasteiger charge is -2.45. The molecule has 0 amide bonds. The molecule has 4 nitrogen and oxygen atoms in total. The van der Waals surface area contributed by atoms with E-state index in [2.05, 4.69) is 86.4 Å². The second-order valence-corrected chi connectivity index (χ2v) is 10.2. The monoisotopic (exact) mass is 454 g/mol. The van der Waals surface area contributed by atoms with Crippen molar-refractivity contribution >= 4 is 16.9 Å². The molecule has 4 rings (SSSR count). The van der Waals surface area contributed by atoms with Gasteiger partial charge in [0.2, 0.25) is 0 Å². The van der Waals surface area contributed by atoms with E-state index in [4.69, 9.17) is 0 Å². The highest BCUT2D eigenvalue weighted by Crippen LogP contribution is 2.50. The lowest BCUT2D eigenvalue weighted by Crippen LogP contribution is -2.44. The van der Waals surface area contributed by atoms with Crippen molar-refractivity contribution in [2.45, 2.75) is 40.7 Å². The van der Waals surface area contributed by atoms with Gasteiger partial charge in [0.15, 0.2) is 0 Å². The summed E-state index contributed by atoms with van der Waals surface area (Å²) in [5.74, 6) is 0.625. The van der Waals surface area contributed by atoms with Crippen molar-refractivity contribution in [3.05, 3.63) is 77.1 Å². The summed E-state index contributed by atoms with van der Waals surface area (Å²) in [5.41, 5.74) is 9.32. The molecule has 0 radical (unpaired) electrons. The molecular weight excluding hydrogens is 416 g/mol. The Bertz CT molecular complexity index is 1130. The average molecular weight is 455 g/mol. The summed E-state index contributed by atoms with van der Waals surface area (Å²) in [6, 6.07) is 9.56. The average Bonchev–Trinajstić information content (AvgIpc) is 2.82. The Morgan fingerprint density at radius 2 is 1.85 bits per heavy atom. The highest BCUT2D eigenvalue weighted by Gasteiger charge is 2.37. The summed E-state index contributed by atoms with van der Waals surface area (Å²) in [6.07, 6.45) is 8.12. The quantitative estimate of drug-likeness (QED) is 0.402. The molecule has 2 aliphatic heterocycles. The molecule has 34 heavy (non-hydrogen) atoms. The first-order chi connectivity index (χ1) is 16.3. The number of rotatable bonds is 4. The molecule has 0 spiro atoms. The minimum atomic E-state index is 0.309. The molecular formula is C30H38N4.